The van der Waals surface area contributed by atoms with Crippen LogP contribution in [0.3, 0.4) is 0 Å². The number of carbonyl (C=O) groups is 3. The Balaban J connectivity index is 0.00000451. The molecule has 256 valence electrons. The van der Waals surface area contributed by atoms with Gasteiger partial charge in [0.15, 0.2) is 6.10 Å². The minimum atomic E-state index is -0.905. The summed E-state index contributed by atoms with van der Waals surface area (Å²) in [4.78, 5) is 46.3. The van der Waals surface area contributed by atoms with Crippen LogP contribution < -0.4 is 15.4 Å². The Morgan fingerprint density at radius 1 is 0.894 bits per heavy atom. The number of amides is 4. The molecular formula is C37H53N5O5. The average Bonchev–Trinajstić information content (AvgIpc) is 3.26. The molecule has 4 aliphatic rings. The Kier molecular flexibility index (Phi) is 10.5. The fraction of sp³-hybridized carbons (Fsp3) is 0.595. The van der Waals surface area contributed by atoms with Crippen molar-refractivity contribution in [2.24, 2.45) is 11.8 Å². The molecule has 4 amide bonds. The Labute approximate surface area is 280 Å². The van der Waals surface area contributed by atoms with E-state index < -0.39 is 12.2 Å². The molecular weight excluding hydrogens is 594 g/mol. The van der Waals surface area contributed by atoms with Gasteiger partial charge in [-0.15, -0.1) is 0 Å². The second-order valence-electron chi connectivity index (χ2n) is 13.8. The Morgan fingerprint density at radius 3 is 2.21 bits per heavy atom. The van der Waals surface area contributed by atoms with Crippen molar-refractivity contribution in [2.45, 2.75) is 77.4 Å². The number of aryl methyl sites for hydroxylation is 2. The zero-order valence-electron chi connectivity index (χ0n) is 28.3. The van der Waals surface area contributed by atoms with Crippen molar-refractivity contribution in [1.29, 1.82) is 0 Å². The lowest BCUT2D eigenvalue weighted by molar-refractivity contribution is -0.142. The molecule has 6 rings (SSSR count). The van der Waals surface area contributed by atoms with E-state index in [4.69, 9.17) is 9.47 Å². The predicted octanol–water partition coefficient (Wildman–Crippen LogP) is 5.40. The first kappa shape index (κ1) is 33.1. The lowest BCUT2D eigenvalue weighted by Crippen LogP contribution is -2.52. The number of rotatable bonds is 7. The molecule has 3 saturated heterocycles. The molecule has 4 heterocycles. The van der Waals surface area contributed by atoms with Crippen molar-refractivity contribution in [3.63, 3.8) is 0 Å². The van der Waals surface area contributed by atoms with E-state index in [0.717, 1.165) is 72.0 Å². The summed E-state index contributed by atoms with van der Waals surface area (Å²) >= 11 is 0. The van der Waals surface area contributed by atoms with Gasteiger partial charge in [0, 0.05) is 52.3 Å². The van der Waals surface area contributed by atoms with Gasteiger partial charge in [-0.2, -0.15) is 0 Å². The Hall–Kier alpha value is -3.79. The second-order valence-corrected chi connectivity index (χ2v) is 13.8. The highest BCUT2D eigenvalue weighted by atomic mass is 16.6. The van der Waals surface area contributed by atoms with Crippen LogP contribution in [0.4, 0.5) is 15.3 Å². The number of hydrogen-bond acceptors (Lipinski definition) is 6. The molecule has 0 aromatic heterocycles. The molecule has 0 bridgehead atoms. The number of hydrogen-bond donors (Lipinski definition) is 2. The highest BCUT2D eigenvalue weighted by molar-refractivity contribution is 5.91. The first-order chi connectivity index (χ1) is 22.8. The van der Waals surface area contributed by atoms with Gasteiger partial charge in [-0.1, -0.05) is 30.3 Å². The first-order valence-electron chi connectivity index (χ1n) is 17.6. The minimum Gasteiger partial charge on any atom is -0.496 e. The number of benzene rings is 2. The lowest BCUT2D eigenvalue weighted by atomic mass is 9.79. The highest BCUT2D eigenvalue weighted by Crippen LogP contribution is 2.32. The topological polar surface area (TPSA) is 103 Å². The fourth-order valence-electron chi connectivity index (χ4n) is 8.28. The summed E-state index contributed by atoms with van der Waals surface area (Å²) in [7, 11) is 1.66. The zero-order chi connectivity index (χ0) is 32.9. The van der Waals surface area contributed by atoms with Crippen LogP contribution in [0, 0.1) is 25.7 Å². The van der Waals surface area contributed by atoms with E-state index >= 15 is 0 Å². The van der Waals surface area contributed by atoms with Gasteiger partial charge in [0.25, 0.3) is 5.91 Å². The average molecular weight is 648 g/mol. The van der Waals surface area contributed by atoms with Crippen LogP contribution in [0.25, 0.3) is 0 Å². The van der Waals surface area contributed by atoms with Crippen LogP contribution in [0.2, 0.25) is 0 Å². The summed E-state index contributed by atoms with van der Waals surface area (Å²) < 4.78 is 11.7. The molecule has 2 aromatic carbocycles. The maximum atomic E-state index is 14.1. The van der Waals surface area contributed by atoms with Crippen LogP contribution >= 0.6 is 0 Å². The molecule has 47 heavy (non-hydrogen) atoms. The minimum absolute atomic E-state index is 0. The van der Waals surface area contributed by atoms with Crippen molar-refractivity contribution in [3.05, 3.63) is 58.7 Å². The largest absolute Gasteiger partial charge is 0.496 e. The monoisotopic (exact) mass is 647 g/mol. The third-order valence-electron chi connectivity index (χ3n) is 10.9. The number of carbonyl (C=O) groups excluding carboxylic acids is 3. The summed E-state index contributed by atoms with van der Waals surface area (Å²) in [6.45, 7) is 9.16. The number of nitrogens with zero attached hydrogens (tertiary/aromatic N) is 3. The van der Waals surface area contributed by atoms with Crippen LogP contribution in [0.15, 0.2) is 36.4 Å². The van der Waals surface area contributed by atoms with Crippen molar-refractivity contribution in [3.8, 4) is 5.75 Å². The number of fused-ring (bicyclic) bond motifs is 1. The number of piperidine rings is 3. The Bertz CT molecular complexity index is 1410. The van der Waals surface area contributed by atoms with Crippen LogP contribution in [0.5, 0.6) is 5.75 Å². The van der Waals surface area contributed by atoms with E-state index in [9.17, 15) is 14.4 Å². The smallest absolute Gasteiger partial charge is 0.410 e. The van der Waals surface area contributed by atoms with E-state index in [0.29, 0.717) is 57.9 Å². The van der Waals surface area contributed by atoms with Gasteiger partial charge < -0.3 is 34.8 Å². The van der Waals surface area contributed by atoms with Crippen molar-refractivity contribution in [2.75, 3.05) is 58.2 Å². The zero-order valence-corrected chi connectivity index (χ0v) is 28.3. The third kappa shape index (κ3) is 7.69. The summed E-state index contributed by atoms with van der Waals surface area (Å²) in [5.41, 5.74) is 4.94. The van der Waals surface area contributed by atoms with Crippen LogP contribution in [0.1, 0.15) is 62.2 Å². The SMILES string of the molecule is COc1c(C)cc(C[C@@H](OC(=O)N2CCC(N3CCc4ccccc4NC3=O)CC2)C(=O)N2CCC(C3CCNCC3)CC2)cc1C.[HH]. The van der Waals surface area contributed by atoms with Gasteiger partial charge in [-0.05, 0) is 112 Å². The van der Waals surface area contributed by atoms with E-state index in [1.807, 2.05) is 54.0 Å². The molecule has 0 saturated carbocycles. The number of anilines is 1. The molecule has 2 N–H and O–H groups in total. The summed E-state index contributed by atoms with van der Waals surface area (Å²) in [5.74, 6) is 2.10. The van der Waals surface area contributed by atoms with Gasteiger partial charge in [0.1, 0.15) is 5.75 Å². The molecule has 10 nitrogen and oxygen atoms in total. The molecule has 10 heteroatoms. The predicted molar refractivity (Wildman–Crippen MR) is 184 cm³/mol. The highest BCUT2D eigenvalue weighted by Gasteiger charge is 2.36. The Morgan fingerprint density at radius 2 is 1.53 bits per heavy atom. The first-order valence-corrected chi connectivity index (χ1v) is 17.6. The van der Waals surface area contributed by atoms with Crippen molar-refractivity contribution >= 4 is 23.7 Å². The van der Waals surface area contributed by atoms with E-state index in [-0.39, 0.29) is 19.4 Å². The standard InChI is InChI=1S/C37H51N5O5.H2/c1-25-22-27(23-26(2)34(25)46-3)24-33(35(43)40-17-10-29(11-18-40)28-8-15-38-16-9-28)47-37(45)41-19-13-31(14-20-41)42-21-12-30-6-4-5-7-32(30)39-36(42)44;/h4-7,22-23,28-29,31,33,38H,8-21,24H2,1-3H3,(H,39,44);1H/t33-;/m1./s1. The summed E-state index contributed by atoms with van der Waals surface area (Å²) in [5, 5.41) is 6.52. The number of para-hydroxylation sites is 1. The third-order valence-corrected chi connectivity index (χ3v) is 10.9. The molecule has 0 spiro atoms. The molecule has 0 unspecified atom stereocenters. The number of urea groups is 1. The van der Waals surface area contributed by atoms with E-state index in [1.165, 1.54) is 12.8 Å². The van der Waals surface area contributed by atoms with E-state index in [1.54, 1.807) is 12.0 Å². The molecule has 0 aliphatic carbocycles. The maximum Gasteiger partial charge on any atom is 0.410 e. The normalized spacial score (nSPS) is 20.7. The summed E-state index contributed by atoms with van der Waals surface area (Å²) in [6.07, 6.45) is 5.50. The number of methoxy groups -OCH3 is 1. The van der Waals surface area contributed by atoms with Gasteiger partial charge in [0.05, 0.1) is 7.11 Å². The maximum absolute atomic E-state index is 14.1. The quantitative estimate of drug-likeness (QED) is 0.418. The summed E-state index contributed by atoms with van der Waals surface area (Å²) in [6, 6.07) is 11.9. The molecule has 3 fully saturated rings. The van der Waals surface area contributed by atoms with Crippen LogP contribution in [-0.4, -0.2) is 97.8 Å². The number of nitrogens with one attached hydrogen (secondary N) is 2. The number of ether oxygens (including phenoxy) is 2. The van der Waals surface area contributed by atoms with Gasteiger partial charge >= 0.3 is 12.1 Å². The van der Waals surface area contributed by atoms with Crippen molar-refractivity contribution in [1.82, 2.24) is 20.0 Å². The molecule has 2 aromatic rings. The van der Waals surface area contributed by atoms with E-state index in [2.05, 4.69) is 16.7 Å². The van der Waals surface area contributed by atoms with Gasteiger partial charge in [-0.3, -0.25) is 4.79 Å². The van der Waals surface area contributed by atoms with Crippen molar-refractivity contribution < 1.29 is 25.3 Å². The van der Waals surface area contributed by atoms with Gasteiger partial charge in [-0.25, -0.2) is 9.59 Å². The fourth-order valence-corrected chi connectivity index (χ4v) is 8.28. The lowest BCUT2D eigenvalue weighted by Gasteiger charge is -2.39. The number of likely N-dealkylation sites (tertiary alicyclic amines) is 2. The molecule has 1 atom stereocenters. The molecule has 4 aliphatic heterocycles. The molecule has 0 radical (unpaired) electrons. The van der Waals surface area contributed by atoms with Crippen LogP contribution in [-0.2, 0) is 22.4 Å². The second kappa shape index (κ2) is 15.0. The van der Waals surface area contributed by atoms with Gasteiger partial charge in [0.2, 0.25) is 0 Å².